The molecule has 1 aliphatic carbocycles. The fraction of sp³-hybridized carbons (Fsp3) is 0.533. The van der Waals surface area contributed by atoms with E-state index in [1.165, 1.54) is 6.08 Å². The molecule has 1 aliphatic rings. The number of carboxylic acids is 1. The third-order valence-corrected chi connectivity index (χ3v) is 3.63. The molecule has 0 aromatic rings. The van der Waals surface area contributed by atoms with Crippen LogP contribution in [0.25, 0.3) is 0 Å². The van der Waals surface area contributed by atoms with Crippen LogP contribution in [0.3, 0.4) is 0 Å². The predicted molar refractivity (Wildman–Crippen MR) is 72.2 cm³/mol. The third-order valence-electron chi connectivity index (χ3n) is 3.63. The molecular weight excluding hydrogens is 228 g/mol. The van der Waals surface area contributed by atoms with Crippen LogP contribution in [0.1, 0.15) is 33.6 Å². The van der Waals surface area contributed by atoms with Gasteiger partial charge in [-0.2, -0.15) is 0 Å². The number of carboxylic acid groups (broad SMARTS) is 1. The van der Waals surface area contributed by atoms with Crippen molar-refractivity contribution in [3.05, 3.63) is 36.0 Å². The minimum Gasteiger partial charge on any atom is -0.478 e. The molecule has 0 radical (unpaired) electrons. The zero-order valence-corrected chi connectivity index (χ0v) is 11.3. The molecule has 0 aromatic carbocycles. The van der Waals surface area contributed by atoms with Gasteiger partial charge in [-0.1, -0.05) is 32.6 Å². The Balaban J connectivity index is 2.88. The lowest BCUT2D eigenvalue weighted by Crippen LogP contribution is -2.35. The first-order valence-corrected chi connectivity index (χ1v) is 6.20. The molecule has 0 aromatic heterocycles. The first-order valence-electron chi connectivity index (χ1n) is 6.20. The number of allylic oxidation sites excluding steroid dienone is 3. The molecule has 3 heteroatoms. The lowest BCUT2D eigenvalue weighted by Gasteiger charge is -2.41. The molecule has 0 aliphatic heterocycles. The first kappa shape index (κ1) is 14.7. The maximum Gasteiger partial charge on any atom is 0.328 e. The minimum atomic E-state index is -0.945. The van der Waals surface area contributed by atoms with E-state index >= 15 is 0 Å². The molecule has 2 N–H and O–H groups in total. The van der Waals surface area contributed by atoms with Crippen molar-refractivity contribution in [2.75, 3.05) is 0 Å². The molecule has 1 rings (SSSR count). The summed E-state index contributed by atoms with van der Waals surface area (Å²) >= 11 is 0. The van der Waals surface area contributed by atoms with E-state index in [9.17, 15) is 9.90 Å². The van der Waals surface area contributed by atoms with Gasteiger partial charge < -0.3 is 10.2 Å². The van der Waals surface area contributed by atoms with Crippen molar-refractivity contribution in [1.82, 2.24) is 0 Å². The zero-order chi connectivity index (χ0) is 13.9. The lowest BCUT2D eigenvalue weighted by atomic mass is 9.65. The Kier molecular flexibility index (Phi) is 4.52. The predicted octanol–water partition coefficient (Wildman–Crippen LogP) is 2.93. The standard InChI is InChI=1S/C15H22O3/c1-10(9-14(17)18)5-6-12-11(2)13(16)7-8-15(12,3)4/h5-6,9,12-13,16H,2,7-8H2,1,3-4H3,(H,17,18)/b6-5+,10-9+/t12-,13+/m1/s1. The van der Waals surface area contributed by atoms with Gasteiger partial charge in [-0.25, -0.2) is 4.79 Å². The summed E-state index contributed by atoms with van der Waals surface area (Å²) in [6.07, 6.45) is 6.16. The average Bonchev–Trinajstić information content (AvgIpc) is 2.23. The van der Waals surface area contributed by atoms with Crippen LogP contribution < -0.4 is 0 Å². The van der Waals surface area contributed by atoms with Gasteiger partial charge in [0.15, 0.2) is 0 Å². The van der Waals surface area contributed by atoms with Gasteiger partial charge in [0.2, 0.25) is 0 Å². The van der Waals surface area contributed by atoms with Crippen molar-refractivity contribution in [2.45, 2.75) is 39.7 Å². The summed E-state index contributed by atoms with van der Waals surface area (Å²) in [5.41, 5.74) is 1.56. The van der Waals surface area contributed by atoms with Crippen LogP contribution in [0.15, 0.2) is 36.0 Å². The van der Waals surface area contributed by atoms with Crippen molar-refractivity contribution < 1.29 is 15.0 Å². The van der Waals surface area contributed by atoms with E-state index in [0.717, 1.165) is 18.4 Å². The van der Waals surface area contributed by atoms with E-state index in [1.807, 2.05) is 6.08 Å². The molecule has 0 saturated heterocycles. The summed E-state index contributed by atoms with van der Waals surface area (Å²) in [7, 11) is 0. The Bertz CT molecular complexity index is 402. The van der Waals surface area contributed by atoms with Gasteiger partial charge >= 0.3 is 5.97 Å². The van der Waals surface area contributed by atoms with Gasteiger partial charge in [-0.15, -0.1) is 0 Å². The fourth-order valence-electron chi connectivity index (χ4n) is 2.43. The van der Waals surface area contributed by atoms with Crippen LogP contribution in [-0.4, -0.2) is 22.3 Å². The van der Waals surface area contributed by atoms with Crippen LogP contribution in [-0.2, 0) is 4.79 Å². The fourth-order valence-corrected chi connectivity index (χ4v) is 2.43. The summed E-state index contributed by atoms with van der Waals surface area (Å²) in [5, 5.41) is 18.5. The van der Waals surface area contributed by atoms with Gasteiger partial charge in [0.1, 0.15) is 0 Å². The monoisotopic (exact) mass is 250 g/mol. The molecule has 0 bridgehead atoms. The van der Waals surface area contributed by atoms with E-state index < -0.39 is 12.1 Å². The maximum absolute atomic E-state index is 10.5. The Morgan fingerprint density at radius 1 is 1.50 bits per heavy atom. The highest BCUT2D eigenvalue weighted by Gasteiger charge is 2.36. The van der Waals surface area contributed by atoms with Crippen LogP contribution in [0.4, 0.5) is 0 Å². The van der Waals surface area contributed by atoms with Crippen molar-refractivity contribution in [1.29, 1.82) is 0 Å². The summed E-state index contributed by atoms with van der Waals surface area (Å²) in [4.78, 5) is 10.5. The van der Waals surface area contributed by atoms with E-state index in [2.05, 4.69) is 20.4 Å². The quantitative estimate of drug-likeness (QED) is 0.460. The topological polar surface area (TPSA) is 57.5 Å². The van der Waals surface area contributed by atoms with Crippen molar-refractivity contribution in [2.24, 2.45) is 11.3 Å². The zero-order valence-electron chi connectivity index (χ0n) is 11.3. The Morgan fingerprint density at radius 2 is 2.11 bits per heavy atom. The van der Waals surface area contributed by atoms with Crippen LogP contribution in [0.5, 0.6) is 0 Å². The highest BCUT2D eigenvalue weighted by molar-refractivity contribution is 5.81. The second kappa shape index (κ2) is 5.53. The number of aliphatic hydroxyl groups is 1. The van der Waals surface area contributed by atoms with Gasteiger partial charge in [-0.05, 0) is 36.3 Å². The molecular formula is C15H22O3. The summed E-state index contributed by atoms with van der Waals surface area (Å²) in [6, 6.07) is 0. The van der Waals surface area contributed by atoms with Crippen LogP contribution in [0.2, 0.25) is 0 Å². The Labute approximate surface area is 109 Å². The highest BCUT2D eigenvalue weighted by atomic mass is 16.4. The molecule has 0 amide bonds. The largest absolute Gasteiger partial charge is 0.478 e. The van der Waals surface area contributed by atoms with Crippen molar-refractivity contribution >= 4 is 5.97 Å². The molecule has 100 valence electrons. The molecule has 0 spiro atoms. The Morgan fingerprint density at radius 3 is 2.67 bits per heavy atom. The van der Waals surface area contributed by atoms with Gasteiger partial charge in [-0.3, -0.25) is 0 Å². The van der Waals surface area contributed by atoms with Crippen molar-refractivity contribution in [3.8, 4) is 0 Å². The second-order valence-electron chi connectivity index (χ2n) is 5.68. The number of hydrogen-bond donors (Lipinski definition) is 2. The number of rotatable bonds is 3. The number of aliphatic carboxylic acids is 1. The number of carbonyl (C=O) groups is 1. The molecule has 1 saturated carbocycles. The highest BCUT2D eigenvalue weighted by Crippen LogP contribution is 2.43. The van der Waals surface area contributed by atoms with Crippen LogP contribution >= 0.6 is 0 Å². The summed E-state index contributed by atoms with van der Waals surface area (Å²) in [5.74, 6) is -0.864. The van der Waals surface area contributed by atoms with E-state index in [4.69, 9.17) is 5.11 Å². The number of aliphatic hydroxyl groups excluding tert-OH is 1. The molecule has 0 heterocycles. The Hall–Kier alpha value is -1.35. The molecule has 3 nitrogen and oxygen atoms in total. The van der Waals surface area contributed by atoms with E-state index in [-0.39, 0.29) is 11.3 Å². The minimum absolute atomic E-state index is 0.0519. The molecule has 2 atom stereocenters. The van der Waals surface area contributed by atoms with E-state index in [1.54, 1.807) is 13.0 Å². The normalized spacial score (nSPS) is 28.7. The second-order valence-corrected chi connectivity index (χ2v) is 5.68. The summed E-state index contributed by atoms with van der Waals surface area (Å²) < 4.78 is 0. The average molecular weight is 250 g/mol. The summed E-state index contributed by atoms with van der Waals surface area (Å²) in [6.45, 7) is 10.0. The van der Waals surface area contributed by atoms with Gasteiger partial charge in [0, 0.05) is 12.0 Å². The SMILES string of the molecule is C=C1[C@@H](/C=C/C(C)=C/C(=O)O)C(C)(C)CC[C@@H]1O. The van der Waals surface area contributed by atoms with E-state index in [0.29, 0.717) is 5.57 Å². The first-order chi connectivity index (χ1) is 8.24. The van der Waals surface area contributed by atoms with Crippen molar-refractivity contribution in [3.63, 3.8) is 0 Å². The van der Waals surface area contributed by atoms with Gasteiger partial charge in [0.25, 0.3) is 0 Å². The van der Waals surface area contributed by atoms with Crippen LogP contribution in [0, 0.1) is 11.3 Å². The lowest BCUT2D eigenvalue weighted by molar-refractivity contribution is -0.131. The third kappa shape index (κ3) is 3.57. The molecule has 18 heavy (non-hydrogen) atoms. The molecule has 1 fully saturated rings. The smallest absolute Gasteiger partial charge is 0.328 e. The molecule has 0 unspecified atom stereocenters. The van der Waals surface area contributed by atoms with Gasteiger partial charge in [0.05, 0.1) is 6.10 Å². The number of hydrogen-bond acceptors (Lipinski definition) is 2. The maximum atomic E-state index is 10.5.